The molecule has 8 heteroatoms. The molecule has 4 rings (SSSR count). The molecule has 3 fully saturated rings. The lowest BCUT2D eigenvalue weighted by Crippen LogP contribution is -2.80. The largest absolute Gasteiger partial charge is 0.472 e. The van der Waals surface area contributed by atoms with E-state index >= 15 is 0 Å². The van der Waals surface area contributed by atoms with Crippen molar-refractivity contribution in [2.24, 2.45) is 10.8 Å². The molecule has 8 nitrogen and oxygen atoms in total. The van der Waals surface area contributed by atoms with Gasteiger partial charge in [-0.3, -0.25) is 9.59 Å². The van der Waals surface area contributed by atoms with Gasteiger partial charge in [0.15, 0.2) is 0 Å². The normalized spacial score (nSPS) is 48.3. The fraction of sp³-hybridized carbons (Fsp3) is 0.727. The Morgan fingerprint density at radius 1 is 1.17 bits per heavy atom. The standard InChI is InChI=1S/C22H30O8/c1-13(23)29-16-5-7-22(27)18(2,20(16,4)26)8-9-19(3,25)21(22)11-15(30-17(21)24)14-6-10-28-12-14/h6,10,12,15-16,25-27H,5,7-9,11H2,1-4H3/t15-,16-,18+,19+,20+,21-,22-/m1/s1. The van der Waals surface area contributed by atoms with Crippen molar-refractivity contribution < 1.29 is 38.8 Å². The Morgan fingerprint density at radius 3 is 2.47 bits per heavy atom. The Kier molecular flexibility index (Phi) is 4.49. The summed E-state index contributed by atoms with van der Waals surface area (Å²) in [5.74, 6) is -1.21. The Morgan fingerprint density at radius 2 is 1.87 bits per heavy atom. The van der Waals surface area contributed by atoms with Crippen molar-refractivity contribution in [1.82, 2.24) is 0 Å². The molecule has 2 saturated carbocycles. The third-order valence-electron chi connectivity index (χ3n) is 8.47. The number of hydrogen-bond acceptors (Lipinski definition) is 8. The molecule has 3 N–H and O–H groups in total. The van der Waals surface area contributed by atoms with Gasteiger partial charge in [-0.25, -0.2) is 0 Å². The summed E-state index contributed by atoms with van der Waals surface area (Å²) in [5.41, 5.74) is -7.19. The first-order valence-corrected chi connectivity index (χ1v) is 10.4. The number of esters is 2. The van der Waals surface area contributed by atoms with Crippen molar-refractivity contribution in [2.45, 2.75) is 88.8 Å². The van der Waals surface area contributed by atoms with Crippen LogP contribution >= 0.6 is 0 Å². The molecule has 0 aromatic carbocycles. The second kappa shape index (κ2) is 6.31. The van der Waals surface area contributed by atoms with Crippen LogP contribution in [0, 0.1) is 10.8 Å². The van der Waals surface area contributed by atoms with Crippen molar-refractivity contribution in [3.63, 3.8) is 0 Å². The molecule has 7 atom stereocenters. The van der Waals surface area contributed by atoms with Crippen LogP contribution in [0.25, 0.3) is 0 Å². The molecule has 166 valence electrons. The Balaban J connectivity index is 1.84. The number of furan rings is 1. The summed E-state index contributed by atoms with van der Waals surface area (Å²) in [6, 6.07) is 1.69. The van der Waals surface area contributed by atoms with Crippen LogP contribution in [0.5, 0.6) is 0 Å². The second-order valence-corrected chi connectivity index (χ2v) is 9.81. The van der Waals surface area contributed by atoms with E-state index in [1.165, 1.54) is 26.4 Å². The monoisotopic (exact) mass is 422 g/mol. The van der Waals surface area contributed by atoms with Crippen LogP contribution in [0.3, 0.4) is 0 Å². The highest BCUT2D eigenvalue weighted by Gasteiger charge is 2.81. The number of hydrogen-bond donors (Lipinski definition) is 3. The lowest BCUT2D eigenvalue weighted by molar-refractivity contribution is -0.331. The average molecular weight is 422 g/mol. The highest BCUT2D eigenvalue weighted by Crippen LogP contribution is 2.70. The molecular formula is C22H30O8. The SMILES string of the molecule is CC(=O)O[C@@H]1CC[C@@]2(O)[C@@](C)(CC[C@](C)(O)[C@]23C[C@H](c2ccoc2)OC3=O)[C@@]1(C)O. The van der Waals surface area contributed by atoms with E-state index in [1.807, 2.05) is 0 Å². The van der Waals surface area contributed by atoms with Crippen LogP contribution in [0.2, 0.25) is 0 Å². The smallest absolute Gasteiger partial charge is 0.318 e. The molecule has 30 heavy (non-hydrogen) atoms. The number of carbonyl (C=O) groups is 2. The lowest BCUT2D eigenvalue weighted by atomic mass is 9.39. The van der Waals surface area contributed by atoms with Crippen molar-refractivity contribution in [3.05, 3.63) is 24.2 Å². The fourth-order valence-corrected chi connectivity index (χ4v) is 6.40. The third kappa shape index (κ3) is 2.38. The van der Waals surface area contributed by atoms with Gasteiger partial charge >= 0.3 is 11.9 Å². The molecule has 3 aliphatic rings. The van der Waals surface area contributed by atoms with E-state index < -0.39 is 51.8 Å². The maximum absolute atomic E-state index is 13.4. The summed E-state index contributed by atoms with van der Waals surface area (Å²) >= 11 is 0. The van der Waals surface area contributed by atoms with E-state index in [0.29, 0.717) is 5.56 Å². The first kappa shape index (κ1) is 21.3. The van der Waals surface area contributed by atoms with Gasteiger partial charge in [0.05, 0.1) is 23.7 Å². The molecule has 0 bridgehead atoms. The predicted octanol–water partition coefficient (Wildman–Crippen LogP) is 2.01. The maximum Gasteiger partial charge on any atom is 0.318 e. The van der Waals surface area contributed by atoms with Gasteiger partial charge in [-0.05, 0) is 45.6 Å². The molecule has 0 amide bonds. The zero-order valence-electron chi connectivity index (χ0n) is 17.8. The molecule has 0 unspecified atom stereocenters. The minimum atomic E-state index is -1.78. The van der Waals surface area contributed by atoms with Gasteiger partial charge in [-0.2, -0.15) is 0 Å². The van der Waals surface area contributed by atoms with Gasteiger partial charge in [0.2, 0.25) is 0 Å². The molecular weight excluding hydrogens is 392 g/mol. The molecule has 2 aliphatic carbocycles. The van der Waals surface area contributed by atoms with Crippen LogP contribution < -0.4 is 0 Å². The van der Waals surface area contributed by atoms with Gasteiger partial charge in [0.25, 0.3) is 0 Å². The molecule has 0 radical (unpaired) electrons. The van der Waals surface area contributed by atoms with Crippen LogP contribution in [0.1, 0.15) is 71.5 Å². The molecule has 1 saturated heterocycles. The summed E-state index contributed by atoms with van der Waals surface area (Å²) in [7, 11) is 0. The number of aliphatic hydroxyl groups is 3. The van der Waals surface area contributed by atoms with Crippen molar-refractivity contribution >= 4 is 11.9 Å². The first-order valence-electron chi connectivity index (χ1n) is 10.4. The van der Waals surface area contributed by atoms with Crippen LogP contribution in [-0.4, -0.2) is 50.2 Å². The van der Waals surface area contributed by atoms with E-state index in [9.17, 15) is 24.9 Å². The van der Waals surface area contributed by atoms with Gasteiger partial charge in [0.1, 0.15) is 23.2 Å². The Hall–Kier alpha value is -1.90. The van der Waals surface area contributed by atoms with E-state index in [2.05, 4.69) is 0 Å². The molecule has 1 aromatic heterocycles. The molecule has 1 aromatic rings. The zero-order chi connectivity index (χ0) is 22.2. The van der Waals surface area contributed by atoms with E-state index in [-0.39, 0.29) is 32.1 Å². The number of ether oxygens (including phenoxy) is 2. The zero-order valence-corrected chi connectivity index (χ0v) is 17.8. The fourth-order valence-electron chi connectivity index (χ4n) is 6.40. The topological polar surface area (TPSA) is 126 Å². The van der Waals surface area contributed by atoms with Crippen molar-refractivity contribution in [1.29, 1.82) is 0 Å². The van der Waals surface area contributed by atoms with Crippen molar-refractivity contribution in [2.75, 3.05) is 0 Å². The van der Waals surface area contributed by atoms with E-state index in [1.54, 1.807) is 19.9 Å². The average Bonchev–Trinajstić information content (AvgIpc) is 3.28. The number of rotatable bonds is 2. The number of carbonyl (C=O) groups excluding carboxylic acids is 2. The van der Waals surface area contributed by atoms with E-state index in [0.717, 1.165) is 0 Å². The van der Waals surface area contributed by atoms with Crippen LogP contribution in [-0.2, 0) is 19.1 Å². The third-order valence-corrected chi connectivity index (χ3v) is 8.47. The van der Waals surface area contributed by atoms with Gasteiger partial charge in [0, 0.05) is 24.3 Å². The lowest BCUT2D eigenvalue weighted by Gasteiger charge is -2.68. The highest BCUT2D eigenvalue weighted by atomic mass is 16.6. The number of cyclic esters (lactones) is 1. The van der Waals surface area contributed by atoms with Crippen molar-refractivity contribution in [3.8, 4) is 0 Å². The maximum atomic E-state index is 13.4. The quantitative estimate of drug-likeness (QED) is 0.618. The van der Waals surface area contributed by atoms with Gasteiger partial charge < -0.3 is 29.2 Å². The van der Waals surface area contributed by atoms with E-state index in [4.69, 9.17) is 13.9 Å². The van der Waals surface area contributed by atoms with Crippen LogP contribution in [0.4, 0.5) is 0 Å². The van der Waals surface area contributed by atoms with Crippen LogP contribution in [0.15, 0.2) is 23.0 Å². The molecule has 1 spiro atoms. The predicted molar refractivity (Wildman–Crippen MR) is 103 cm³/mol. The minimum absolute atomic E-state index is 0.0543. The van der Waals surface area contributed by atoms with Gasteiger partial charge in [-0.15, -0.1) is 0 Å². The Labute approximate surface area is 175 Å². The van der Waals surface area contributed by atoms with Gasteiger partial charge in [-0.1, -0.05) is 6.92 Å². The highest BCUT2D eigenvalue weighted by molar-refractivity contribution is 5.83. The summed E-state index contributed by atoms with van der Waals surface area (Å²) < 4.78 is 16.2. The number of fused-ring (bicyclic) bond motifs is 2. The molecule has 2 heterocycles. The summed E-state index contributed by atoms with van der Waals surface area (Å²) in [6.45, 7) is 6.07. The summed E-state index contributed by atoms with van der Waals surface area (Å²) in [5, 5.41) is 35.3. The summed E-state index contributed by atoms with van der Waals surface area (Å²) in [4.78, 5) is 25.0. The Bertz CT molecular complexity index is 858. The first-order chi connectivity index (χ1) is 13.8. The molecule has 1 aliphatic heterocycles. The second-order valence-electron chi connectivity index (χ2n) is 9.81. The minimum Gasteiger partial charge on any atom is -0.472 e. The summed E-state index contributed by atoms with van der Waals surface area (Å²) in [6.07, 6.45) is 2.13.